The fourth-order valence-electron chi connectivity index (χ4n) is 2.20. The van der Waals surface area contributed by atoms with Crippen LogP contribution in [0, 0.1) is 6.92 Å². The summed E-state index contributed by atoms with van der Waals surface area (Å²) < 4.78 is 0. The van der Waals surface area contributed by atoms with E-state index in [-0.39, 0.29) is 11.9 Å². The van der Waals surface area contributed by atoms with Crippen LogP contribution in [0.15, 0.2) is 24.3 Å². The van der Waals surface area contributed by atoms with Crippen molar-refractivity contribution in [3.05, 3.63) is 29.8 Å². The summed E-state index contributed by atoms with van der Waals surface area (Å²) >= 11 is 0. The zero-order valence-electron chi connectivity index (χ0n) is 13.7. The van der Waals surface area contributed by atoms with E-state index in [1.54, 1.807) is 0 Å². The molecule has 1 atom stereocenters. The molecule has 1 amide bonds. The number of benzene rings is 1. The third kappa shape index (κ3) is 7.86. The van der Waals surface area contributed by atoms with Crippen molar-refractivity contribution in [2.24, 2.45) is 0 Å². The topological polar surface area (TPSA) is 41.1 Å². The van der Waals surface area contributed by atoms with E-state index in [9.17, 15) is 4.79 Å². The Balaban J connectivity index is 2.15. The summed E-state index contributed by atoms with van der Waals surface area (Å²) in [7, 11) is 0. The van der Waals surface area contributed by atoms with Gasteiger partial charge in [-0.25, -0.2) is 0 Å². The highest BCUT2D eigenvalue weighted by molar-refractivity contribution is 5.94. The number of carbonyl (C=O) groups is 1. The van der Waals surface area contributed by atoms with Gasteiger partial charge in [0.15, 0.2) is 0 Å². The lowest BCUT2D eigenvalue weighted by Gasteiger charge is -2.14. The van der Waals surface area contributed by atoms with Crippen molar-refractivity contribution >= 4 is 11.6 Å². The van der Waals surface area contributed by atoms with Gasteiger partial charge in [0, 0.05) is 5.69 Å². The second kappa shape index (κ2) is 10.4. The number of hydrogen-bond donors (Lipinski definition) is 2. The first-order valence-electron chi connectivity index (χ1n) is 8.24. The maximum absolute atomic E-state index is 12.0. The summed E-state index contributed by atoms with van der Waals surface area (Å²) in [6.45, 7) is 7.10. The van der Waals surface area contributed by atoms with E-state index in [4.69, 9.17) is 0 Å². The van der Waals surface area contributed by atoms with E-state index in [1.807, 2.05) is 38.1 Å². The molecule has 0 saturated heterocycles. The van der Waals surface area contributed by atoms with Crippen LogP contribution in [-0.2, 0) is 4.79 Å². The van der Waals surface area contributed by atoms with Gasteiger partial charge in [0.05, 0.1) is 6.04 Å². The Morgan fingerprint density at radius 3 is 2.33 bits per heavy atom. The molecule has 1 aromatic carbocycles. The van der Waals surface area contributed by atoms with Gasteiger partial charge in [-0.2, -0.15) is 0 Å². The van der Waals surface area contributed by atoms with Gasteiger partial charge >= 0.3 is 0 Å². The molecule has 0 radical (unpaired) electrons. The minimum absolute atomic E-state index is 0.0323. The van der Waals surface area contributed by atoms with Gasteiger partial charge in [-0.1, -0.05) is 56.7 Å². The van der Waals surface area contributed by atoms with Gasteiger partial charge < -0.3 is 10.6 Å². The first kappa shape index (κ1) is 17.7. The highest BCUT2D eigenvalue weighted by Gasteiger charge is 2.11. The van der Waals surface area contributed by atoms with Crippen molar-refractivity contribution in [2.75, 3.05) is 11.9 Å². The lowest BCUT2D eigenvalue weighted by atomic mass is 10.1. The summed E-state index contributed by atoms with van der Waals surface area (Å²) in [6, 6.07) is 7.73. The predicted molar refractivity (Wildman–Crippen MR) is 90.6 cm³/mol. The predicted octanol–water partition coefficient (Wildman–Crippen LogP) is 4.27. The molecule has 0 heterocycles. The molecule has 0 fully saturated rings. The number of aryl methyl sites for hydroxylation is 1. The van der Waals surface area contributed by atoms with E-state index < -0.39 is 0 Å². The molecule has 0 aromatic heterocycles. The Labute approximate surface area is 129 Å². The zero-order valence-corrected chi connectivity index (χ0v) is 13.7. The summed E-state index contributed by atoms with van der Waals surface area (Å²) in [5, 5.41) is 6.23. The van der Waals surface area contributed by atoms with Gasteiger partial charge in [0.1, 0.15) is 0 Å². The molecule has 0 aliphatic rings. The first-order chi connectivity index (χ1) is 10.1. The van der Waals surface area contributed by atoms with E-state index in [1.165, 1.54) is 37.7 Å². The Hall–Kier alpha value is -1.35. The molecule has 21 heavy (non-hydrogen) atoms. The van der Waals surface area contributed by atoms with Crippen molar-refractivity contribution in [3.63, 3.8) is 0 Å². The number of hydrogen-bond acceptors (Lipinski definition) is 2. The van der Waals surface area contributed by atoms with Crippen LogP contribution in [-0.4, -0.2) is 18.5 Å². The molecule has 1 aromatic rings. The molecule has 3 heteroatoms. The number of nitrogens with one attached hydrogen (secondary N) is 2. The van der Waals surface area contributed by atoms with Crippen LogP contribution in [0.3, 0.4) is 0 Å². The van der Waals surface area contributed by atoms with Gasteiger partial charge in [-0.05, 0) is 38.9 Å². The van der Waals surface area contributed by atoms with E-state index in [0.717, 1.165) is 18.7 Å². The third-order valence-electron chi connectivity index (χ3n) is 3.69. The fourth-order valence-corrected chi connectivity index (χ4v) is 2.20. The van der Waals surface area contributed by atoms with Gasteiger partial charge in [0.25, 0.3) is 0 Å². The van der Waals surface area contributed by atoms with Crippen LogP contribution in [0.5, 0.6) is 0 Å². The highest BCUT2D eigenvalue weighted by atomic mass is 16.2. The summed E-state index contributed by atoms with van der Waals surface area (Å²) in [6.07, 6.45) is 7.65. The second-order valence-electron chi connectivity index (χ2n) is 5.80. The summed E-state index contributed by atoms with van der Waals surface area (Å²) in [5.41, 5.74) is 2.06. The lowest BCUT2D eigenvalue weighted by Crippen LogP contribution is -2.38. The van der Waals surface area contributed by atoms with Gasteiger partial charge in [-0.3, -0.25) is 4.79 Å². The molecule has 0 bridgehead atoms. The molecule has 1 unspecified atom stereocenters. The fraction of sp³-hybridized carbons (Fsp3) is 0.611. The quantitative estimate of drug-likeness (QED) is 0.632. The van der Waals surface area contributed by atoms with Crippen molar-refractivity contribution in [1.29, 1.82) is 0 Å². The van der Waals surface area contributed by atoms with Crippen LogP contribution in [0.25, 0.3) is 0 Å². The van der Waals surface area contributed by atoms with E-state index >= 15 is 0 Å². The van der Waals surface area contributed by atoms with Crippen molar-refractivity contribution in [3.8, 4) is 0 Å². The van der Waals surface area contributed by atoms with Crippen LogP contribution >= 0.6 is 0 Å². The average Bonchev–Trinajstić information content (AvgIpc) is 2.48. The van der Waals surface area contributed by atoms with E-state index in [0.29, 0.717) is 0 Å². The second-order valence-corrected chi connectivity index (χ2v) is 5.80. The number of unbranched alkanes of at least 4 members (excludes halogenated alkanes) is 5. The molecule has 1 rings (SSSR count). The minimum atomic E-state index is -0.151. The molecule has 0 aliphatic carbocycles. The summed E-state index contributed by atoms with van der Waals surface area (Å²) in [5.74, 6) is 0.0323. The molecule has 118 valence electrons. The molecule has 0 saturated carbocycles. The average molecular weight is 290 g/mol. The normalized spacial score (nSPS) is 12.1. The van der Waals surface area contributed by atoms with E-state index in [2.05, 4.69) is 17.6 Å². The zero-order chi connectivity index (χ0) is 15.5. The largest absolute Gasteiger partial charge is 0.325 e. The summed E-state index contributed by atoms with van der Waals surface area (Å²) in [4.78, 5) is 12.0. The first-order valence-corrected chi connectivity index (χ1v) is 8.24. The maximum Gasteiger partial charge on any atom is 0.241 e. The number of amides is 1. The number of rotatable bonds is 10. The third-order valence-corrected chi connectivity index (χ3v) is 3.69. The van der Waals surface area contributed by atoms with Crippen molar-refractivity contribution in [1.82, 2.24) is 5.32 Å². The molecule has 0 spiro atoms. The Morgan fingerprint density at radius 1 is 1.05 bits per heavy atom. The number of carbonyl (C=O) groups excluding carboxylic acids is 1. The molecule has 2 N–H and O–H groups in total. The monoisotopic (exact) mass is 290 g/mol. The van der Waals surface area contributed by atoms with Gasteiger partial charge in [0.2, 0.25) is 5.91 Å². The highest BCUT2D eigenvalue weighted by Crippen LogP contribution is 2.09. The van der Waals surface area contributed by atoms with Crippen LogP contribution < -0.4 is 10.6 Å². The van der Waals surface area contributed by atoms with Crippen LogP contribution in [0.1, 0.15) is 57.9 Å². The van der Waals surface area contributed by atoms with Crippen LogP contribution in [0.4, 0.5) is 5.69 Å². The lowest BCUT2D eigenvalue weighted by molar-refractivity contribution is -0.117. The smallest absolute Gasteiger partial charge is 0.241 e. The number of anilines is 1. The Kier molecular flexibility index (Phi) is 8.76. The Morgan fingerprint density at radius 2 is 1.67 bits per heavy atom. The molecular formula is C18H30N2O. The minimum Gasteiger partial charge on any atom is -0.325 e. The molecule has 3 nitrogen and oxygen atoms in total. The molecular weight excluding hydrogens is 260 g/mol. The van der Waals surface area contributed by atoms with Crippen molar-refractivity contribution in [2.45, 2.75) is 65.3 Å². The molecule has 0 aliphatic heterocycles. The van der Waals surface area contributed by atoms with Crippen LogP contribution in [0.2, 0.25) is 0 Å². The standard InChI is InChI=1S/C18H30N2O/c1-4-5-6-7-8-9-14-19-16(3)18(21)20-17-12-10-15(2)11-13-17/h10-13,16,19H,4-9,14H2,1-3H3,(H,20,21). The van der Waals surface area contributed by atoms with Crippen molar-refractivity contribution < 1.29 is 4.79 Å². The Bertz CT molecular complexity index is 400. The maximum atomic E-state index is 12.0. The SMILES string of the molecule is CCCCCCCCNC(C)C(=O)Nc1ccc(C)cc1. The van der Waals surface area contributed by atoms with Gasteiger partial charge in [-0.15, -0.1) is 0 Å².